The lowest BCUT2D eigenvalue weighted by atomic mass is 10.2. The molecule has 7 nitrogen and oxygen atoms in total. The number of rotatable bonds is 5. The Morgan fingerprint density at radius 2 is 1.88 bits per heavy atom. The van der Waals surface area contributed by atoms with Gasteiger partial charge in [-0.05, 0) is 46.0 Å². The van der Waals surface area contributed by atoms with Crippen molar-refractivity contribution in [3.8, 4) is 0 Å². The van der Waals surface area contributed by atoms with E-state index in [-0.39, 0.29) is 0 Å². The maximum Gasteiger partial charge on any atom is 0.407 e. The van der Waals surface area contributed by atoms with E-state index < -0.39 is 17.7 Å². The summed E-state index contributed by atoms with van der Waals surface area (Å²) in [7, 11) is 1.33. The minimum absolute atomic E-state index is 0.351. The molecular formula is C15H23N3O4S2. The Labute approximate surface area is 151 Å². The minimum Gasteiger partial charge on any atom is -0.465 e. The second kappa shape index (κ2) is 8.84. The number of hydrogen-bond donors (Lipinski definition) is 3. The molecule has 0 fully saturated rings. The molecule has 1 amide bonds. The van der Waals surface area contributed by atoms with Crippen LogP contribution in [-0.2, 0) is 9.47 Å². The van der Waals surface area contributed by atoms with Crippen molar-refractivity contribution in [3.63, 3.8) is 0 Å². The highest BCUT2D eigenvalue weighted by atomic mass is 32.1. The van der Waals surface area contributed by atoms with Gasteiger partial charge in [0.05, 0.1) is 12.7 Å². The number of aryl methyl sites for hydroxylation is 1. The third-order valence-corrected chi connectivity index (χ3v) is 3.78. The Morgan fingerprint density at radius 1 is 1.25 bits per heavy atom. The topological polar surface area (TPSA) is 88.7 Å². The number of carbonyl (C=O) groups excluding carboxylic acids is 2. The first-order valence-electron chi connectivity index (χ1n) is 7.33. The number of thiophene rings is 1. The molecule has 0 spiro atoms. The largest absolute Gasteiger partial charge is 0.465 e. The maximum absolute atomic E-state index is 11.7. The number of methoxy groups -OCH3 is 1. The van der Waals surface area contributed by atoms with Crippen molar-refractivity contribution in [2.75, 3.05) is 25.5 Å². The van der Waals surface area contributed by atoms with Crippen LogP contribution in [-0.4, -0.2) is 43.0 Å². The fourth-order valence-electron chi connectivity index (χ4n) is 1.67. The molecule has 0 aliphatic carbocycles. The fraction of sp³-hybridized carbons (Fsp3) is 0.533. The number of carbonyl (C=O) groups is 2. The summed E-state index contributed by atoms with van der Waals surface area (Å²) in [5, 5.41) is 9.51. The van der Waals surface area contributed by atoms with Crippen LogP contribution in [0.25, 0.3) is 0 Å². The van der Waals surface area contributed by atoms with Crippen molar-refractivity contribution in [3.05, 3.63) is 16.5 Å². The normalized spacial score (nSPS) is 10.7. The molecule has 0 aliphatic rings. The van der Waals surface area contributed by atoms with E-state index in [4.69, 9.17) is 21.7 Å². The minimum atomic E-state index is -0.532. The van der Waals surface area contributed by atoms with Gasteiger partial charge in [-0.3, -0.25) is 0 Å². The van der Waals surface area contributed by atoms with Crippen LogP contribution in [0.1, 0.15) is 36.0 Å². The summed E-state index contributed by atoms with van der Waals surface area (Å²) in [4.78, 5) is 24.2. The summed E-state index contributed by atoms with van der Waals surface area (Å²) < 4.78 is 9.86. The predicted molar refractivity (Wildman–Crippen MR) is 98.9 cm³/mol. The Bertz CT molecular complexity index is 608. The number of ether oxygens (including phenoxy) is 2. The van der Waals surface area contributed by atoms with E-state index in [0.717, 1.165) is 4.88 Å². The molecule has 0 saturated carbocycles. The average Bonchev–Trinajstić information content (AvgIpc) is 2.81. The van der Waals surface area contributed by atoms with Crippen LogP contribution in [0.15, 0.2) is 6.07 Å². The predicted octanol–water partition coefficient (Wildman–Crippen LogP) is 2.65. The molecule has 1 aromatic heterocycles. The van der Waals surface area contributed by atoms with Crippen LogP contribution in [0.4, 0.5) is 9.80 Å². The molecule has 0 bridgehead atoms. The van der Waals surface area contributed by atoms with E-state index in [1.165, 1.54) is 18.4 Å². The van der Waals surface area contributed by atoms with Crippen molar-refractivity contribution >= 4 is 45.7 Å². The lowest BCUT2D eigenvalue weighted by molar-refractivity contribution is 0.0527. The summed E-state index contributed by atoms with van der Waals surface area (Å²) in [6.45, 7) is 8.06. The molecule has 1 rings (SSSR count). The zero-order chi connectivity index (χ0) is 18.3. The number of thiocarbonyl (C=S) groups is 1. The van der Waals surface area contributed by atoms with Crippen LogP contribution >= 0.6 is 23.6 Å². The molecule has 1 aromatic rings. The van der Waals surface area contributed by atoms with Crippen molar-refractivity contribution in [1.29, 1.82) is 0 Å². The summed E-state index contributed by atoms with van der Waals surface area (Å²) >= 11 is 6.59. The van der Waals surface area contributed by atoms with E-state index in [1.807, 2.05) is 6.92 Å². The SMILES string of the molecule is COC(=O)c1cc(C)sc1NC(=S)NCCNC(=O)OC(C)(C)C. The van der Waals surface area contributed by atoms with Crippen molar-refractivity contribution in [2.45, 2.75) is 33.3 Å². The number of anilines is 1. The van der Waals surface area contributed by atoms with Crippen LogP contribution in [0.5, 0.6) is 0 Å². The van der Waals surface area contributed by atoms with Crippen LogP contribution in [0, 0.1) is 6.92 Å². The lowest BCUT2D eigenvalue weighted by Crippen LogP contribution is -2.39. The van der Waals surface area contributed by atoms with Crippen LogP contribution in [0.2, 0.25) is 0 Å². The van der Waals surface area contributed by atoms with Gasteiger partial charge in [0, 0.05) is 18.0 Å². The molecule has 24 heavy (non-hydrogen) atoms. The van der Waals surface area contributed by atoms with Crippen LogP contribution in [0.3, 0.4) is 0 Å². The van der Waals surface area contributed by atoms with Crippen molar-refractivity contribution in [2.24, 2.45) is 0 Å². The van der Waals surface area contributed by atoms with Crippen molar-refractivity contribution in [1.82, 2.24) is 10.6 Å². The highest BCUT2D eigenvalue weighted by Gasteiger charge is 2.17. The van der Waals surface area contributed by atoms with Gasteiger partial charge in [-0.15, -0.1) is 11.3 Å². The number of hydrogen-bond acceptors (Lipinski definition) is 6. The molecule has 1 heterocycles. The Balaban J connectivity index is 2.40. The van der Waals surface area contributed by atoms with Gasteiger partial charge in [-0.2, -0.15) is 0 Å². The number of esters is 1. The van der Waals surface area contributed by atoms with Crippen LogP contribution < -0.4 is 16.0 Å². The van der Waals surface area contributed by atoms with Gasteiger partial charge >= 0.3 is 12.1 Å². The molecule has 0 saturated heterocycles. The van der Waals surface area contributed by atoms with Gasteiger partial charge in [0.1, 0.15) is 10.6 Å². The molecule has 0 aromatic carbocycles. The Hall–Kier alpha value is -1.87. The van der Waals surface area contributed by atoms with E-state index in [0.29, 0.717) is 28.8 Å². The van der Waals surface area contributed by atoms with Gasteiger partial charge in [-0.1, -0.05) is 0 Å². The number of alkyl carbamates (subject to hydrolysis) is 1. The molecule has 9 heteroatoms. The molecule has 0 atom stereocenters. The summed E-state index contributed by atoms with van der Waals surface area (Å²) in [6, 6.07) is 1.74. The fourth-order valence-corrected chi connectivity index (χ4v) is 2.84. The van der Waals surface area contributed by atoms with E-state index >= 15 is 0 Å². The highest BCUT2D eigenvalue weighted by Crippen LogP contribution is 2.28. The molecule has 0 unspecified atom stereocenters. The Morgan fingerprint density at radius 3 is 2.46 bits per heavy atom. The van der Waals surface area contributed by atoms with E-state index in [9.17, 15) is 9.59 Å². The third kappa shape index (κ3) is 7.14. The third-order valence-electron chi connectivity index (χ3n) is 2.57. The molecule has 134 valence electrons. The van der Waals surface area contributed by atoms with Gasteiger partial charge < -0.3 is 25.4 Å². The zero-order valence-electron chi connectivity index (χ0n) is 14.4. The zero-order valence-corrected chi connectivity index (χ0v) is 16.1. The highest BCUT2D eigenvalue weighted by molar-refractivity contribution is 7.80. The number of nitrogens with one attached hydrogen (secondary N) is 3. The molecule has 3 N–H and O–H groups in total. The standard InChI is InChI=1S/C15H23N3O4S2/c1-9-8-10(12(19)21-5)11(24-9)18-13(23)16-6-7-17-14(20)22-15(2,3)4/h8H,6-7H2,1-5H3,(H,17,20)(H2,16,18,23). The van der Waals surface area contributed by atoms with E-state index in [2.05, 4.69) is 16.0 Å². The molecular weight excluding hydrogens is 350 g/mol. The molecule has 0 radical (unpaired) electrons. The van der Waals surface area contributed by atoms with E-state index in [1.54, 1.807) is 26.8 Å². The summed E-state index contributed by atoms with van der Waals surface area (Å²) in [5.74, 6) is -0.420. The summed E-state index contributed by atoms with van der Waals surface area (Å²) in [5.41, 5.74) is -0.0913. The monoisotopic (exact) mass is 373 g/mol. The van der Waals surface area contributed by atoms with Gasteiger partial charge in [0.15, 0.2) is 5.11 Å². The average molecular weight is 374 g/mol. The van der Waals surface area contributed by atoms with Gasteiger partial charge in [-0.25, -0.2) is 9.59 Å². The van der Waals surface area contributed by atoms with Gasteiger partial charge in [0.25, 0.3) is 0 Å². The lowest BCUT2D eigenvalue weighted by Gasteiger charge is -2.19. The second-order valence-electron chi connectivity index (χ2n) is 5.90. The Kier molecular flexibility index (Phi) is 7.43. The second-order valence-corrected chi connectivity index (χ2v) is 7.57. The first-order valence-corrected chi connectivity index (χ1v) is 8.55. The summed E-state index contributed by atoms with van der Waals surface area (Å²) in [6.07, 6.45) is -0.481. The first-order chi connectivity index (χ1) is 11.1. The first kappa shape index (κ1) is 20.2. The molecule has 0 aliphatic heterocycles. The quantitative estimate of drug-likeness (QED) is 0.415. The van der Waals surface area contributed by atoms with Gasteiger partial charge in [0.2, 0.25) is 0 Å². The van der Waals surface area contributed by atoms with Crippen molar-refractivity contribution < 1.29 is 19.1 Å². The smallest absolute Gasteiger partial charge is 0.407 e. The number of amides is 1. The maximum atomic E-state index is 11.7.